The lowest BCUT2D eigenvalue weighted by Gasteiger charge is -2.24. The van der Waals surface area contributed by atoms with Gasteiger partial charge in [0.2, 0.25) is 0 Å². The number of halogens is 1. The second-order valence-corrected chi connectivity index (χ2v) is 6.52. The van der Waals surface area contributed by atoms with Gasteiger partial charge in [0.1, 0.15) is 0 Å². The Bertz CT molecular complexity index is 360. The van der Waals surface area contributed by atoms with E-state index in [4.69, 9.17) is 0 Å². The van der Waals surface area contributed by atoms with Crippen LogP contribution in [0.15, 0.2) is 28.7 Å². The van der Waals surface area contributed by atoms with Crippen molar-refractivity contribution in [3.05, 3.63) is 34.3 Å². The van der Waals surface area contributed by atoms with Crippen molar-refractivity contribution in [3.8, 4) is 0 Å². The number of hydrogen-bond donors (Lipinski definition) is 1. The van der Waals surface area contributed by atoms with Gasteiger partial charge in [0.25, 0.3) is 0 Å². The number of benzene rings is 1. The summed E-state index contributed by atoms with van der Waals surface area (Å²) in [7, 11) is 0. The molecule has 1 saturated carbocycles. The molecule has 0 aliphatic heterocycles. The Labute approximate surface area is 119 Å². The van der Waals surface area contributed by atoms with Crippen LogP contribution >= 0.6 is 15.9 Å². The molecule has 2 rings (SSSR count). The Kier molecular flexibility index (Phi) is 5.25. The zero-order valence-corrected chi connectivity index (χ0v) is 13.0. The lowest BCUT2D eigenvalue weighted by Crippen LogP contribution is -2.39. The Balaban J connectivity index is 1.84. The first kappa shape index (κ1) is 14.1. The van der Waals surface area contributed by atoms with Crippen LogP contribution in [0.5, 0.6) is 0 Å². The standard InChI is InChI=1S/C16H24BrN/c1-3-14-5-4-6-16(14)18-12(2)11-13-7-9-15(17)10-8-13/h7-10,12,14,16,18H,3-6,11H2,1-2H3. The molecule has 2 heteroatoms. The van der Waals surface area contributed by atoms with Crippen molar-refractivity contribution in [2.24, 2.45) is 5.92 Å². The topological polar surface area (TPSA) is 12.0 Å². The molecule has 0 spiro atoms. The van der Waals surface area contributed by atoms with E-state index < -0.39 is 0 Å². The molecule has 0 bridgehead atoms. The maximum Gasteiger partial charge on any atom is 0.0175 e. The zero-order chi connectivity index (χ0) is 13.0. The summed E-state index contributed by atoms with van der Waals surface area (Å²) < 4.78 is 1.16. The highest BCUT2D eigenvalue weighted by molar-refractivity contribution is 9.10. The quantitative estimate of drug-likeness (QED) is 0.841. The van der Waals surface area contributed by atoms with Gasteiger partial charge in [-0.1, -0.05) is 47.8 Å². The summed E-state index contributed by atoms with van der Waals surface area (Å²) in [5, 5.41) is 3.83. The molecule has 100 valence electrons. The molecule has 1 N–H and O–H groups in total. The van der Waals surface area contributed by atoms with Gasteiger partial charge in [0, 0.05) is 16.6 Å². The highest BCUT2D eigenvalue weighted by Crippen LogP contribution is 2.28. The van der Waals surface area contributed by atoms with Crippen LogP contribution in [0.1, 0.15) is 45.1 Å². The first-order valence-electron chi connectivity index (χ1n) is 7.19. The van der Waals surface area contributed by atoms with E-state index in [9.17, 15) is 0 Å². The Morgan fingerprint density at radius 2 is 2.00 bits per heavy atom. The molecular weight excluding hydrogens is 286 g/mol. The van der Waals surface area contributed by atoms with Crippen molar-refractivity contribution in [3.63, 3.8) is 0 Å². The number of hydrogen-bond acceptors (Lipinski definition) is 1. The smallest absolute Gasteiger partial charge is 0.0175 e. The van der Waals surface area contributed by atoms with Gasteiger partial charge in [-0.2, -0.15) is 0 Å². The monoisotopic (exact) mass is 309 g/mol. The van der Waals surface area contributed by atoms with E-state index >= 15 is 0 Å². The highest BCUT2D eigenvalue weighted by atomic mass is 79.9. The molecule has 1 aliphatic rings. The molecule has 3 unspecified atom stereocenters. The number of nitrogens with one attached hydrogen (secondary N) is 1. The molecule has 18 heavy (non-hydrogen) atoms. The fourth-order valence-electron chi connectivity index (χ4n) is 3.14. The summed E-state index contributed by atoms with van der Waals surface area (Å²) in [6.07, 6.45) is 6.63. The SMILES string of the molecule is CCC1CCCC1NC(C)Cc1ccc(Br)cc1. The van der Waals surface area contributed by atoms with Crippen molar-refractivity contribution in [1.82, 2.24) is 5.32 Å². The van der Waals surface area contributed by atoms with Gasteiger partial charge < -0.3 is 5.32 Å². The molecule has 1 aromatic rings. The van der Waals surface area contributed by atoms with Crippen LogP contribution in [0.2, 0.25) is 0 Å². The summed E-state index contributed by atoms with van der Waals surface area (Å²) >= 11 is 3.48. The maximum absolute atomic E-state index is 3.83. The Hall–Kier alpha value is -0.340. The average Bonchev–Trinajstić information content (AvgIpc) is 2.79. The lowest BCUT2D eigenvalue weighted by atomic mass is 9.99. The number of rotatable bonds is 5. The largest absolute Gasteiger partial charge is 0.311 e. The Morgan fingerprint density at radius 1 is 1.28 bits per heavy atom. The molecule has 3 atom stereocenters. The van der Waals surface area contributed by atoms with Crippen molar-refractivity contribution >= 4 is 15.9 Å². The van der Waals surface area contributed by atoms with Gasteiger partial charge in [-0.3, -0.25) is 0 Å². The fraction of sp³-hybridized carbons (Fsp3) is 0.625. The predicted octanol–water partition coefficient (Wildman–Crippen LogP) is 4.55. The van der Waals surface area contributed by atoms with Crippen LogP contribution in [0.4, 0.5) is 0 Å². The van der Waals surface area contributed by atoms with E-state index in [2.05, 4.69) is 59.4 Å². The molecule has 1 nitrogen and oxygen atoms in total. The van der Waals surface area contributed by atoms with E-state index in [0.29, 0.717) is 6.04 Å². The molecule has 0 heterocycles. The third-order valence-corrected chi connectivity index (χ3v) is 4.67. The van der Waals surface area contributed by atoms with E-state index in [-0.39, 0.29) is 0 Å². The minimum atomic E-state index is 0.573. The van der Waals surface area contributed by atoms with Crippen LogP contribution in [0.3, 0.4) is 0 Å². The van der Waals surface area contributed by atoms with Gasteiger partial charge in [0.15, 0.2) is 0 Å². The van der Waals surface area contributed by atoms with E-state index in [1.165, 1.54) is 31.2 Å². The van der Waals surface area contributed by atoms with Crippen LogP contribution in [-0.2, 0) is 6.42 Å². The molecule has 1 aromatic carbocycles. The fourth-order valence-corrected chi connectivity index (χ4v) is 3.41. The molecule has 0 aromatic heterocycles. The van der Waals surface area contributed by atoms with Crippen molar-refractivity contribution in [2.75, 3.05) is 0 Å². The van der Waals surface area contributed by atoms with Gasteiger partial charge in [-0.25, -0.2) is 0 Å². The molecule has 1 fully saturated rings. The summed E-state index contributed by atoms with van der Waals surface area (Å²) in [6.45, 7) is 4.64. The van der Waals surface area contributed by atoms with E-state index in [0.717, 1.165) is 22.9 Å². The van der Waals surface area contributed by atoms with Crippen molar-refractivity contribution in [1.29, 1.82) is 0 Å². The van der Waals surface area contributed by atoms with Gasteiger partial charge in [-0.15, -0.1) is 0 Å². The second kappa shape index (κ2) is 6.72. The maximum atomic E-state index is 3.83. The van der Waals surface area contributed by atoms with Crippen LogP contribution in [0.25, 0.3) is 0 Å². The molecule has 0 saturated heterocycles. The van der Waals surface area contributed by atoms with Gasteiger partial charge in [0.05, 0.1) is 0 Å². The van der Waals surface area contributed by atoms with Crippen LogP contribution in [0, 0.1) is 5.92 Å². The summed E-state index contributed by atoms with van der Waals surface area (Å²) in [5.41, 5.74) is 1.42. The third-order valence-electron chi connectivity index (χ3n) is 4.14. The van der Waals surface area contributed by atoms with Crippen LogP contribution < -0.4 is 5.32 Å². The van der Waals surface area contributed by atoms with Gasteiger partial charge in [-0.05, 0) is 49.8 Å². The Morgan fingerprint density at radius 3 is 2.67 bits per heavy atom. The average molecular weight is 310 g/mol. The predicted molar refractivity (Wildman–Crippen MR) is 81.9 cm³/mol. The molecule has 0 radical (unpaired) electrons. The highest BCUT2D eigenvalue weighted by Gasteiger charge is 2.26. The van der Waals surface area contributed by atoms with Crippen molar-refractivity contribution in [2.45, 2.75) is 58.0 Å². The molecule has 1 aliphatic carbocycles. The van der Waals surface area contributed by atoms with Gasteiger partial charge >= 0.3 is 0 Å². The minimum Gasteiger partial charge on any atom is -0.311 e. The molecule has 0 amide bonds. The second-order valence-electron chi connectivity index (χ2n) is 5.60. The third kappa shape index (κ3) is 3.83. The van der Waals surface area contributed by atoms with E-state index in [1.54, 1.807) is 0 Å². The first-order chi connectivity index (χ1) is 8.69. The lowest BCUT2D eigenvalue weighted by molar-refractivity contribution is 0.355. The minimum absolute atomic E-state index is 0.573. The van der Waals surface area contributed by atoms with E-state index in [1.807, 2.05) is 0 Å². The molecular formula is C16H24BrN. The summed E-state index contributed by atoms with van der Waals surface area (Å²) in [6, 6.07) is 10.0. The van der Waals surface area contributed by atoms with Crippen LogP contribution in [-0.4, -0.2) is 12.1 Å². The summed E-state index contributed by atoms with van der Waals surface area (Å²) in [5.74, 6) is 0.900. The summed E-state index contributed by atoms with van der Waals surface area (Å²) in [4.78, 5) is 0. The van der Waals surface area contributed by atoms with Crippen molar-refractivity contribution < 1.29 is 0 Å². The first-order valence-corrected chi connectivity index (χ1v) is 7.99. The normalized spacial score (nSPS) is 25.3. The zero-order valence-electron chi connectivity index (χ0n) is 11.5.